The first-order valence-electron chi connectivity index (χ1n) is 6.52. The normalized spacial score (nSPS) is 23.1. The molecule has 0 heterocycles. The predicted molar refractivity (Wildman–Crippen MR) is 77.6 cm³/mol. The Morgan fingerprint density at radius 1 is 1.37 bits per heavy atom. The van der Waals surface area contributed by atoms with Gasteiger partial charge in [-0.15, -0.1) is 0 Å². The number of aliphatic hydroxyl groups is 1. The third-order valence-corrected chi connectivity index (χ3v) is 4.19. The smallest absolute Gasteiger partial charge is 0.337 e. The molecule has 1 saturated carbocycles. The maximum atomic E-state index is 11.2. The lowest BCUT2D eigenvalue weighted by Gasteiger charge is -2.32. The molecule has 1 aromatic carbocycles. The number of halogens is 1. The molecule has 0 bridgehead atoms. The van der Waals surface area contributed by atoms with E-state index in [2.05, 4.69) is 21.2 Å². The third kappa shape index (κ3) is 3.48. The molecule has 1 aromatic rings. The molecule has 2 unspecified atom stereocenters. The van der Waals surface area contributed by atoms with Crippen LogP contribution in [0.4, 0.5) is 5.69 Å². The number of anilines is 1. The van der Waals surface area contributed by atoms with Crippen LogP contribution in [0.15, 0.2) is 22.7 Å². The number of hydrogen-bond donors (Lipinski definition) is 3. The fourth-order valence-electron chi connectivity index (χ4n) is 2.64. The number of aliphatic hydroxyl groups excluding tert-OH is 1. The molecule has 1 fully saturated rings. The molecule has 0 aliphatic heterocycles. The number of carbonyl (C=O) groups is 1. The summed E-state index contributed by atoms with van der Waals surface area (Å²) in [7, 11) is 0. The van der Waals surface area contributed by atoms with Crippen LogP contribution in [-0.2, 0) is 0 Å². The average Bonchev–Trinajstić information content (AvgIpc) is 2.39. The van der Waals surface area contributed by atoms with Crippen molar-refractivity contribution >= 4 is 27.6 Å². The average molecular weight is 328 g/mol. The van der Waals surface area contributed by atoms with Gasteiger partial charge in [0.25, 0.3) is 0 Å². The van der Waals surface area contributed by atoms with Crippen LogP contribution < -0.4 is 5.32 Å². The summed E-state index contributed by atoms with van der Waals surface area (Å²) in [5.41, 5.74) is 0.887. The van der Waals surface area contributed by atoms with Crippen LogP contribution in [0.2, 0.25) is 0 Å². The van der Waals surface area contributed by atoms with Gasteiger partial charge >= 0.3 is 5.97 Å². The summed E-state index contributed by atoms with van der Waals surface area (Å²) in [5.74, 6) is -0.735. The fourth-order valence-corrected chi connectivity index (χ4v) is 3.00. The molecule has 2 rings (SSSR count). The molecule has 104 valence electrons. The Bertz CT molecular complexity index is 464. The van der Waals surface area contributed by atoms with Crippen molar-refractivity contribution < 1.29 is 15.0 Å². The summed E-state index contributed by atoms with van der Waals surface area (Å²) >= 11 is 3.36. The van der Waals surface area contributed by atoms with Crippen molar-refractivity contribution in [2.75, 3.05) is 11.9 Å². The first-order valence-corrected chi connectivity index (χ1v) is 7.31. The van der Waals surface area contributed by atoms with Crippen molar-refractivity contribution in [1.82, 2.24) is 0 Å². The highest BCUT2D eigenvalue weighted by molar-refractivity contribution is 9.10. The van der Waals surface area contributed by atoms with Crippen LogP contribution in [0, 0.1) is 5.92 Å². The lowest BCUT2D eigenvalue weighted by atomic mass is 9.85. The number of benzene rings is 1. The molecule has 1 aliphatic carbocycles. The van der Waals surface area contributed by atoms with E-state index in [9.17, 15) is 15.0 Å². The molecule has 0 aromatic heterocycles. The zero-order valence-corrected chi connectivity index (χ0v) is 12.2. The minimum absolute atomic E-state index is 0.145. The van der Waals surface area contributed by atoms with Gasteiger partial charge in [0.15, 0.2) is 0 Å². The number of hydrogen-bond acceptors (Lipinski definition) is 3. The highest BCUT2D eigenvalue weighted by Gasteiger charge is 2.25. The van der Waals surface area contributed by atoms with Gasteiger partial charge in [0.05, 0.1) is 11.3 Å². The number of carboxylic acid groups (broad SMARTS) is 1. The van der Waals surface area contributed by atoms with Gasteiger partial charge in [-0.2, -0.15) is 0 Å². The van der Waals surface area contributed by atoms with E-state index in [0.717, 1.165) is 30.2 Å². The maximum Gasteiger partial charge on any atom is 0.337 e. The van der Waals surface area contributed by atoms with Crippen molar-refractivity contribution in [3.63, 3.8) is 0 Å². The first-order chi connectivity index (χ1) is 9.11. The minimum Gasteiger partial charge on any atom is -0.478 e. The second-order valence-electron chi connectivity index (χ2n) is 4.97. The Kier molecular flexibility index (Phi) is 4.82. The quantitative estimate of drug-likeness (QED) is 0.794. The van der Waals surface area contributed by atoms with Crippen molar-refractivity contribution in [2.45, 2.75) is 31.7 Å². The Hall–Kier alpha value is -1.07. The molecule has 3 N–H and O–H groups in total. The van der Waals surface area contributed by atoms with Crippen LogP contribution in [0.1, 0.15) is 36.0 Å². The van der Waals surface area contributed by atoms with E-state index in [-0.39, 0.29) is 24.1 Å². The molecule has 2 atom stereocenters. The molecular weight excluding hydrogens is 310 g/mol. The van der Waals surface area contributed by atoms with E-state index in [1.54, 1.807) is 18.2 Å². The standard InChI is InChI=1S/C14H18BrNO3/c15-10-5-6-11(14(18)19)13(7-10)16-12-4-2-1-3-9(12)8-17/h5-7,9,12,16-17H,1-4,8H2,(H,18,19). The van der Waals surface area contributed by atoms with Crippen LogP contribution >= 0.6 is 15.9 Å². The maximum absolute atomic E-state index is 11.2. The summed E-state index contributed by atoms with van der Waals surface area (Å²) in [5, 5.41) is 21.9. The molecular formula is C14H18BrNO3. The monoisotopic (exact) mass is 327 g/mol. The second kappa shape index (κ2) is 6.39. The van der Waals surface area contributed by atoms with Gasteiger partial charge in [-0.05, 0) is 31.0 Å². The van der Waals surface area contributed by atoms with Gasteiger partial charge in [0, 0.05) is 23.0 Å². The van der Waals surface area contributed by atoms with Crippen molar-refractivity contribution in [3.8, 4) is 0 Å². The predicted octanol–water partition coefficient (Wildman–Crippen LogP) is 3.11. The molecule has 0 amide bonds. The van der Waals surface area contributed by atoms with Gasteiger partial charge in [-0.1, -0.05) is 28.8 Å². The zero-order valence-electron chi connectivity index (χ0n) is 10.6. The van der Waals surface area contributed by atoms with Gasteiger partial charge in [0.1, 0.15) is 0 Å². The lowest BCUT2D eigenvalue weighted by molar-refractivity contribution is 0.0698. The number of nitrogens with one attached hydrogen (secondary N) is 1. The van der Waals surface area contributed by atoms with Crippen LogP contribution in [-0.4, -0.2) is 28.8 Å². The molecule has 0 spiro atoms. The first kappa shape index (κ1) is 14.3. The van der Waals surface area contributed by atoms with Crippen LogP contribution in [0.3, 0.4) is 0 Å². The Morgan fingerprint density at radius 3 is 2.79 bits per heavy atom. The summed E-state index contributed by atoms with van der Waals surface area (Å²) in [4.78, 5) is 11.2. The van der Waals surface area contributed by atoms with Gasteiger partial charge in [-0.25, -0.2) is 4.79 Å². The molecule has 0 saturated heterocycles. The van der Waals surface area contributed by atoms with Gasteiger partial charge in [0.2, 0.25) is 0 Å². The van der Waals surface area contributed by atoms with E-state index < -0.39 is 5.97 Å². The lowest BCUT2D eigenvalue weighted by Crippen LogP contribution is -2.34. The van der Waals surface area contributed by atoms with E-state index in [0.29, 0.717) is 5.69 Å². The van der Waals surface area contributed by atoms with E-state index in [1.165, 1.54) is 0 Å². The van der Waals surface area contributed by atoms with Crippen molar-refractivity contribution in [3.05, 3.63) is 28.2 Å². The zero-order chi connectivity index (χ0) is 13.8. The summed E-state index contributed by atoms with van der Waals surface area (Å²) in [6.07, 6.45) is 4.21. The minimum atomic E-state index is -0.939. The van der Waals surface area contributed by atoms with Crippen LogP contribution in [0.5, 0.6) is 0 Å². The molecule has 1 aliphatic rings. The molecule has 4 nitrogen and oxygen atoms in total. The topological polar surface area (TPSA) is 69.6 Å². The molecule has 5 heteroatoms. The second-order valence-corrected chi connectivity index (χ2v) is 5.89. The fraction of sp³-hybridized carbons (Fsp3) is 0.500. The number of rotatable bonds is 4. The van der Waals surface area contributed by atoms with Gasteiger partial charge in [-0.3, -0.25) is 0 Å². The van der Waals surface area contributed by atoms with E-state index in [4.69, 9.17) is 0 Å². The Balaban J connectivity index is 2.21. The Labute approximate surface area is 121 Å². The third-order valence-electron chi connectivity index (χ3n) is 3.70. The van der Waals surface area contributed by atoms with E-state index in [1.807, 2.05) is 0 Å². The largest absolute Gasteiger partial charge is 0.478 e. The van der Waals surface area contributed by atoms with Crippen molar-refractivity contribution in [1.29, 1.82) is 0 Å². The van der Waals surface area contributed by atoms with Crippen molar-refractivity contribution in [2.24, 2.45) is 5.92 Å². The molecule has 0 radical (unpaired) electrons. The van der Waals surface area contributed by atoms with Gasteiger partial charge < -0.3 is 15.5 Å². The summed E-state index contributed by atoms with van der Waals surface area (Å²) in [6, 6.07) is 5.24. The number of aromatic carboxylic acids is 1. The van der Waals surface area contributed by atoms with E-state index >= 15 is 0 Å². The number of carboxylic acids is 1. The molecule has 19 heavy (non-hydrogen) atoms. The SMILES string of the molecule is O=C(O)c1ccc(Br)cc1NC1CCCCC1CO. The highest BCUT2D eigenvalue weighted by atomic mass is 79.9. The van der Waals surface area contributed by atoms with Crippen LogP contribution in [0.25, 0.3) is 0 Å². The Morgan fingerprint density at radius 2 is 2.11 bits per heavy atom. The summed E-state index contributed by atoms with van der Waals surface area (Å²) < 4.78 is 0.844. The summed E-state index contributed by atoms with van der Waals surface area (Å²) in [6.45, 7) is 0.147. The highest BCUT2D eigenvalue weighted by Crippen LogP contribution is 2.29.